The minimum atomic E-state index is -0.655. The molecule has 1 aliphatic rings. The Bertz CT molecular complexity index is 1470. The number of hydrogen-bond donors (Lipinski definition) is 1. The number of anilines is 2. The maximum Gasteiger partial charge on any atom is 0.229 e. The smallest absolute Gasteiger partial charge is 0.229 e. The van der Waals surface area contributed by atoms with E-state index in [1.165, 1.54) is 6.07 Å². The first-order valence-corrected chi connectivity index (χ1v) is 11.4. The van der Waals surface area contributed by atoms with Gasteiger partial charge in [0.05, 0.1) is 24.3 Å². The fourth-order valence-electron chi connectivity index (χ4n) is 4.58. The third-order valence-electron chi connectivity index (χ3n) is 6.12. The highest BCUT2D eigenvalue weighted by Gasteiger charge is 2.20. The van der Waals surface area contributed by atoms with E-state index in [2.05, 4.69) is 36.2 Å². The van der Waals surface area contributed by atoms with E-state index in [9.17, 15) is 8.78 Å². The van der Waals surface area contributed by atoms with Crippen LogP contribution in [0.4, 0.5) is 20.5 Å². The van der Waals surface area contributed by atoms with Crippen molar-refractivity contribution in [3.05, 3.63) is 59.2 Å². The average Bonchev–Trinajstić information content (AvgIpc) is 3.17. The molecule has 0 fully saturated rings. The Morgan fingerprint density at radius 3 is 2.74 bits per heavy atom. The van der Waals surface area contributed by atoms with Crippen molar-refractivity contribution >= 4 is 22.8 Å². The highest BCUT2D eigenvalue weighted by atomic mass is 19.1. The van der Waals surface area contributed by atoms with E-state index in [0.717, 1.165) is 30.4 Å². The monoisotopic (exact) mass is 474 g/mol. The first-order valence-electron chi connectivity index (χ1n) is 11.4. The van der Waals surface area contributed by atoms with Gasteiger partial charge in [0.25, 0.3) is 0 Å². The topological polar surface area (TPSA) is 95.6 Å². The molecular weight excluding hydrogens is 450 g/mol. The lowest BCUT2D eigenvalue weighted by atomic mass is 10.1. The summed E-state index contributed by atoms with van der Waals surface area (Å²) in [5, 5.41) is 12.0. The molecule has 1 aliphatic heterocycles. The summed E-state index contributed by atoms with van der Waals surface area (Å²) in [7, 11) is 0. The standard InChI is InChI=1S/C25H24F2N8/c1-14(2)35-15(3)30-24-18(26)10-17(11-21(24)35)23-19(27)12-29-25(33-23)32-22-5-4-16-13-34(9-7-28)8-6-20(16)31-22/h4-5,10-12,14H,6,8-9,13H2,1-3H3,(H,29,31,32,33). The van der Waals surface area contributed by atoms with Crippen LogP contribution in [0.25, 0.3) is 22.3 Å². The SMILES string of the molecule is Cc1nc2c(F)cc(-c3nc(Nc4ccc5c(n4)CCN(CC#N)C5)ncc3F)cc2n1C(C)C. The van der Waals surface area contributed by atoms with E-state index in [1.54, 1.807) is 12.1 Å². The summed E-state index contributed by atoms with van der Waals surface area (Å²) in [6.45, 7) is 7.61. The van der Waals surface area contributed by atoms with E-state index in [1.807, 2.05) is 31.4 Å². The Hall–Kier alpha value is -3.97. The minimum absolute atomic E-state index is 0.0115. The number of benzene rings is 1. The molecule has 0 atom stereocenters. The molecule has 0 radical (unpaired) electrons. The Balaban J connectivity index is 1.47. The Morgan fingerprint density at radius 1 is 1.14 bits per heavy atom. The molecule has 10 heteroatoms. The van der Waals surface area contributed by atoms with Crippen LogP contribution in [0.3, 0.4) is 0 Å². The molecule has 0 unspecified atom stereocenters. The van der Waals surface area contributed by atoms with Gasteiger partial charge in [0.1, 0.15) is 22.9 Å². The molecule has 0 bridgehead atoms. The zero-order valence-electron chi connectivity index (χ0n) is 19.7. The van der Waals surface area contributed by atoms with Crippen molar-refractivity contribution in [2.45, 2.75) is 39.8 Å². The van der Waals surface area contributed by atoms with Gasteiger partial charge in [-0.05, 0) is 44.5 Å². The molecule has 0 aliphatic carbocycles. The van der Waals surface area contributed by atoms with Crippen LogP contribution in [-0.2, 0) is 13.0 Å². The van der Waals surface area contributed by atoms with Gasteiger partial charge in [0.15, 0.2) is 11.6 Å². The van der Waals surface area contributed by atoms with Crippen molar-refractivity contribution in [3.63, 3.8) is 0 Å². The highest BCUT2D eigenvalue weighted by Crippen LogP contribution is 2.30. The predicted octanol–water partition coefficient (Wildman–Crippen LogP) is 4.68. The average molecular weight is 475 g/mol. The van der Waals surface area contributed by atoms with Gasteiger partial charge in [-0.2, -0.15) is 5.26 Å². The molecule has 3 aromatic heterocycles. The van der Waals surface area contributed by atoms with Crippen molar-refractivity contribution in [2.75, 3.05) is 18.4 Å². The lowest BCUT2D eigenvalue weighted by Crippen LogP contribution is -2.31. The van der Waals surface area contributed by atoms with Crippen LogP contribution in [0.2, 0.25) is 0 Å². The maximum atomic E-state index is 14.9. The number of pyridine rings is 1. The number of aromatic nitrogens is 5. The Kier molecular flexibility index (Phi) is 5.86. The van der Waals surface area contributed by atoms with Crippen molar-refractivity contribution in [1.29, 1.82) is 5.26 Å². The minimum Gasteiger partial charge on any atom is -0.326 e. The number of hydrogen-bond acceptors (Lipinski definition) is 7. The second-order valence-electron chi connectivity index (χ2n) is 8.88. The van der Waals surface area contributed by atoms with Gasteiger partial charge in [-0.3, -0.25) is 4.90 Å². The fraction of sp³-hybridized carbons (Fsp3) is 0.320. The summed E-state index contributed by atoms with van der Waals surface area (Å²) in [5.74, 6) is 0.188. The van der Waals surface area contributed by atoms with E-state index >= 15 is 0 Å². The molecule has 0 saturated carbocycles. The molecular formula is C25H24F2N8. The number of nitrogens with one attached hydrogen (secondary N) is 1. The van der Waals surface area contributed by atoms with Crippen molar-refractivity contribution < 1.29 is 8.78 Å². The van der Waals surface area contributed by atoms with Crippen molar-refractivity contribution in [3.8, 4) is 17.3 Å². The van der Waals surface area contributed by atoms with Crippen molar-refractivity contribution in [2.24, 2.45) is 0 Å². The molecule has 1 N–H and O–H groups in total. The van der Waals surface area contributed by atoms with Crippen LogP contribution in [0.15, 0.2) is 30.5 Å². The largest absolute Gasteiger partial charge is 0.326 e. The second-order valence-corrected chi connectivity index (χ2v) is 8.88. The van der Waals surface area contributed by atoms with Gasteiger partial charge in [-0.25, -0.2) is 28.7 Å². The first kappa shape index (κ1) is 22.8. The summed E-state index contributed by atoms with van der Waals surface area (Å²) in [6.07, 6.45) is 1.79. The molecule has 178 valence electrons. The van der Waals surface area contributed by atoms with Crippen LogP contribution >= 0.6 is 0 Å². The molecule has 0 saturated heterocycles. The summed E-state index contributed by atoms with van der Waals surface area (Å²) in [5.41, 5.74) is 3.13. The van der Waals surface area contributed by atoms with Crippen LogP contribution in [-0.4, -0.2) is 42.5 Å². The van der Waals surface area contributed by atoms with Crippen LogP contribution in [0.1, 0.15) is 37.0 Å². The maximum absolute atomic E-state index is 14.9. The third-order valence-corrected chi connectivity index (χ3v) is 6.12. The molecule has 1 aromatic carbocycles. The molecule has 4 heterocycles. The molecule has 4 aromatic rings. The summed E-state index contributed by atoms with van der Waals surface area (Å²) in [6, 6.07) is 8.95. The summed E-state index contributed by atoms with van der Waals surface area (Å²) in [4.78, 5) is 19.4. The zero-order valence-corrected chi connectivity index (χ0v) is 19.7. The van der Waals surface area contributed by atoms with Crippen LogP contribution < -0.4 is 5.32 Å². The molecule has 5 rings (SSSR count). The third kappa shape index (κ3) is 4.31. The number of imidazole rings is 1. The molecule has 8 nitrogen and oxygen atoms in total. The first-order chi connectivity index (χ1) is 16.8. The van der Waals surface area contributed by atoms with Gasteiger partial charge in [0, 0.05) is 36.8 Å². The van der Waals surface area contributed by atoms with Crippen molar-refractivity contribution in [1.82, 2.24) is 29.4 Å². The molecule has 0 spiro atoms. The number of nitriles is 1. The summed E-state index contributed by atoms with van der Waals surface area (Å²) < 4.78 is 31.6. The predicted molar refractivity (Wildman–Crippen MR) is 128 cm³/mol. The normalized spacial score (nSPS) is 13.7. The molecule has 35 heavy (non-hydrogen) atoms. The second kappa shape index (κ2) is 9.00. The number of nitrogens with zero attached hydrogens (tertiary/aromatic N) is 7. The number of rotatable bonds is 5. The van der Waals surface area contributed by atoms with Gasteiger partial charge in [-0.1, -0.05) is 6.07 Å². The van der Waals surface area contributed by atoms with E-state index in [0.29, 0.717) is 35.8 Å². The molecule has 0 amide bonds. The van der Waals surface area contributed by atoms with E-state index in [-0.39, 0.29) is 23.2 Å². The highest BCUT2D eigenvalue weighted by molar-refractivity contribution is 5.83. The van der Waals surface area contributed by atoms with Crippen LogP contribution in [0.5, 0.6) is 0 Å². The number of halogens is 2. The number of aryl methyl sites for hydroxylation is 1. The van der Waals surface area contributed by atoms with Crippen LogP contribution in [0, 0.1) is 29.9 Å². The Labute approximate surface area is 201 Å². The summed E-state index contributed by atoms with van der Waals surface area (Å²) >= 11 is 0. The van der Waals surface area contributed by atoms with Gasteiger partial charge >= 0.3 is 0 Å². The lowest BCUT2D eigenvalue weighted by molar-refractivity contribution is 0.282. The lowest BCUT2D eigenvalue weighted by Gasteiger charge is -2.26. The Morgan fingerprint density at radius 2 is 1.97 bits per heavy atom. The fourth-order valence-corrected chi connectivity index (χ4v) is 4.58. The van der Waals surface area contributed by atoms with Gasteiger partial charge in [0.2, 0.25) is 5.95 Å². The van der Waals surface area contributed by atoms with Gasteiger partial charge in [-0.15, -0.1) is 0 Å². The quantitative estimate of drug-likeness (QED) is 0.420. The van der Waals surface area contributed by atoms with E-state index in [4.69, 9.17) is 5.26 Å². The zero-order chi connectivity index (χ0) is 24.7. The van der Waals surface area contributed by atoms with E-state index < -0.39 is 11.6 Å². The van der Waals surface area contributed by atoms with Gasteiger partial charge < -0.3 is 9.88 Å². The number of fused-ring (bicyclic) bond motifs is 2.